The Morgan fingerprint density at radius 1 is 1.07 bits per heavy atom. The van der Waals surface area contributed by atoms with Crippen molar-refractivity contribution in [3.8, 4) is 0 Å². The Morgan fingerprint density at radius 2 is 1.83 bits per heavy atom. The fourth-order valence-electron chi connectivity index (χ4n) is 4.31. The van der Waals surface area contributed by atoms with Crippen molar-refractivity contribution in [2.24, 2.45) is 0 Å². The monoisotopic (exact) mass is 399 g/mol. The standard InChI is InChI=1S/C24H25N5O/c25-23-26-13-17(14-27-23)15-29-11-8-18-6-7-21(12-19(18)16-29)28-22(30)24(9-10-24)20-4-2-1-3-5-20/h1-7,12-14H,8-11,15-16H2,(H,28,30)(H2,25,26,27). The predicted molar refractivity (Wildman–Crippen MR) is 117 cm³/mol. The average molecular weight is 399 g/mol. The van der Waals surface area contributed by atoms with E-state index in [1.165, 1.54) is 11.1 Å². The normalized spacial score (nSPS) is 17.2. The number of benzene rings is 2. The van der Waals surface area contributed by atoms with Crippen molar-refractivity contribution in [3.63, 3.8) is 0 Å². The van der Waals surface area contributed by atoms with Crippen LogP contribution in [-0.2, 0) is 29.7 Å². The van der Waals surface area contributed by atoms with Crippen LogP contribution in [0.4, 0.5) is 11.6 Å². The number of carbonyl (C=O) groups is 1. The first-order valence-corrected chi connectivity index (χ1v) is 10.4. The maximum absolute atomic E-state index is 13.1. The highest BCUT2D eigenvalue weighted by Gasteiger charge is 2.51. The molecule has 0 saturated heterocycles. The molecule has 0 radical (unpaired) electrons. The molecule has 1 aliphatic carbocycles. The Hall–Kier alpha value is -3.25. The molecule has 30 heavy (non-hydrogen) atoms. The van der Waals surface area contributed by atoms with Crippen molar-refractivity contribution in [1.29, 1.82) is 0 Å². The van der Waals surface area contributed by atoms with Crippen LogP contribution in [0.25, 0.3) is 0 Å². The second kappa shape index (κ2) is 7.54. The van der Waals surface area contributed by atoms with Crippen LogP contribution < -0.4 is 11.1 Å². The van der Waals surface area contributed by atoms with Crippen molar-refractivity contribution in [3.05, 3.63) is 83.2 Å². The van der Waals surface area contributed by atoms with Gasteiger partial charge in [0.25, 0.3) is 0 Å². The van der Waals surface area contributed by atoms with Gasteiger partial charge in [0.2, 0.25) is 11.9 Å². The summed E-state index contributed by atoms with van der Waals surface area (Å²) in [5, 5.41) is 3.17. The number of nitrogens with two attached hydrogens (primary N) is 1. The number of carbonyl (C=O) groups excluding carboxylic acids is 1. The molecule has 1 saturated carbocycles. The van der Waals surface area contributed by atoms with Gasteiger partial charge in [0, 0.05) is 43.3 Å². The van der Waals surface area contributed by atoms with Crippen LogP contribution in [0.3, 0.4) is 0 Å². The SMILES string of the molecule is Nc1ncc(CN2CCc3ccc(NC(=O)C4(c5ccccc5)CC4)cc3C2)cn1. The van der Waals surface area contributed by atoms with E-state index in [-0.39, 0.29) is 11.3 Å². The van der Waals surface area contributed by atoms with E-state index in [0.29, 0.717) is 5.95 Å². The first-order valence-electron chi connectivity index (χ1n) is 10.4. The van der Waals surface area contributed by atoms with E-state index in [0.717, 1.165) is 55.7 Å². The third-order valence-electron chi connectivity index (χ3n) is 6.20. The minimum Gasteiger partial charge on any atom is -0.368 e. The number of nitrogens with one attached hydrogen (secondary N) is 1. The molecule has 0 unspecified atom stereocenters. The van der Waals surface area contributed by atoms with Gasteiger partial charge in [0.1, 0.15) is 0 Å². The lowest BCUT2D eigenvalue weighted by atomic mass is 9.94. The van der Waals surface area contributed by atoms with Crippen molar-refractivity contribution >= 4 is 17.5 Å². The van der Waals surface area contributed by atoms with Crippen LogP contribution >= 0.6 is 0 Å². The molecule has 2 aromatic carbocycles. The first-order chi connectivity index (χ1) is 14.6. The van der Waals surface area contributed by atoms with E-state index < -0.39 is 0 Å². The molecule has 2 heterocycles. The van der Waals surface area contributed by atoms with E-state index in [4.69, 9.17) is 5.73 Å². The Bertz CT molecular complexity index is 1060. The van der Waals surface area contributed by atoms with Crippen LogP contribution in [0.15, 0.2) is 60.9 Å². The molecule has 2 aliphatic rings. The summed E-state index contributed by atoms with van der Waals surface area (Å²) in [6, 6.07) is 16.4. The van der Waals surface area contributed by atoms with Gasteiger partial charge in [-0.2, -0.15) is 0 Å². The van der Waals surface area contributed by atoms with Gasteiger partial charge in [0.05, 0.1) is 5.41 Å². The molecule has 0 atom stereocenters. The molecule has 3 N–H and O–H groups in total. The lowest BCUT2D eigenvalue weighted by Crippen LogP contribution is -2.31. The van der Waals surface area contributed by atoms with Crippen molar-refractivity contribution in [2.45, 2.75) is 37.8 Å². The predicted octanol–water partition coefficient (Wildman–Crippen LogP) is 3.29. The van der Waals surface area contributed by atoms with Gasteiger partial charge in [-0.05, 0) is 48.1 Å². The molecule has 0 spiro atoms. The topological polar surface area (TPSA) is 84.1 Å². The number of nitrogen functional groups attached to an aromatic ring is 1. The fourth-order valence-corrected chi connectivity index (χ4v) is 4.31. The number of rotatable bonds is 5. The summed E-state index contributed by atoms with van der Waals surface area (Å²) in [7, 11) is 0. The lowest BCUT2D eigenvalue weighted by Gasteiger charge is -2.29. The Labute approximate surface area is 176 Å². The summed E-state index contributed by atoms with van der Waals surface area (Å²) in [6.45, 7) is 2.61. The van der Waals surface area contributed by atoms with Gasteiger partial charge in [-0.3, -0.25) is 9.69 Å². The van der Waals surface area contributed by atoms with E-state index in [9.17, 15) is 4.79 Å². The molecule has 0 bridgehead atoms. The number of hydrogen-bond acceptors (Lipinski definition) is 5. The maximum atomic E-state index is 13.1. The maximum Gasteiger partial charge on any atom is 0.235 e. The summed E-state index contributed by atoms with van der Waals surface area (Å²) < 4.78 is 0. The van der Waals surface area contributed by atoms with Crippen molar-refractivity contribution < 1.29 is 4.79 Å². The third-order valence-corrected chi connectivity index (χ3v) is 6.20. The molecule has 152 valence electrons. The zero-order valence-corrected chi connectivity index (χ0v) is 16.8. The number of aromatic nitrogens is 2. The van der Waals surface area contributed by atoms with Gasteiger partial charge in [0.15, 0.2) is 0 Å². The van der Waals surface area contributed by atoms with Crippen LogP contribution in [-0.4, -0.2) is 27.3 Å². The number of anilines is 2. The highest BCUT2D eigenvalue weighted by atomic mass is 16.2. The van der Waals surface area contributed by atoms with Crippen molar-refractivity contribution in [1.82, 2.24) is 14.9 Å². The summed E-state index contributed by atoms with van der Waals surface area (Å²) in [5.41, 5.74) is 10.9. The largest absolute Gasteiger partial charge is 0.368 e. The first kappa shape index (κ1) is 18.8. The van der Waals surface area contributed by atoms with Gasteiger partial charge >= 0.3 is 0 Å². The molecule has 6 nitrogen and oxygen atoms in total. The van der Waals surface area contributed by atoms with Gasteiger partial charge in [-0.15, -0.1) is 0 Å². The molecule has 6 heteroatoms. The quantitative estimate of drug-likeness (QED) is 0.688. The van der Waals surface area contributed by atoms with E-state index >= 15 is 0 Å². The Balaban J connectivity index is 1.29. The molecule has 5 rings (SSSR count). The number of nitrogens with zero attached hydrogens (tertiary/aromatic N) is 3. The second-order valence-corrected chi connectivity index (χ2v) is 8.30. The van der Waals surface area contributed by atoms with Crippen molar-refractivity contribution in [2.75, 3.05) is 17.6 Å². The number of amides is 1. The summed E-state index contributed by atoms with van der Waals surface area (Å²) in [4.78, 5) is 23.6. The third kappa shape index (κ3) is 3.66. The highest BCUT2D eigenvalue weighted by molar-refractivity contribution is 6.01. The molecule has 1 aliphatic heterocycles. The zero-order chi connectivity index (χ0) is 20.6. The number of fused-ring (bicyclic) bond motifs is 1. The van der Waals surface area contributed by atoms with Crippen LogP contribution in [0.2, 0.25) is 0 Å². The average Bonchev–Trinajstić information content (AvgIpc) is 3.58. The lowest BCUT2D eigenvalue weighted by molar-refractivity contribution is -0.118. The van der Waals surface area contributed by atoms with Gasteiger partial charge < -0.3 is 11.1 Å². The summed E-state index contributed by atoms with van der Waals surface area (Å²) in [5.74, 6) is 0.396. The highest BCUT2D eigenvalue weighted by Crippen LogP contribution is 2.49. The summed E-state index contributed by atoms with van der Waals surface area (Å²) >= 11 is 0. The van der Waals surface area contributed by atoms with Gasteiger partial charge in [-0.25, -0.2) is 9.97 Å². The summed E-state index contributed by atoms with van der Waals surface area (Å²) in [6.07, 6.45) is 6.38. The Kier molecular flexibility index (Phi) is 4.71. The molecule has 1 fully saturated rings. The zero-order valence-electron chi connectivity index (χ0n) is 16.8. The number of hydrogen-bond donors (Lipinski definition) is 2. The minimum absolute atomic E-state index is 0.0975. The van der Waals surface area contributed by atoms with Crippen LogP contribution in [0, 0.1) is 0 Å². The second-order valence-electron chi connectivity index (χ2n) is 8.30. The molecule has 1 amide bonds. The molecule has 1 aromatic heterocycles. The van der Waals surface area contributed by atoms with E-state index in [1.807, 2.05) is 24.3 Å². The molecular weight excluding hydrogens is 374 g/mol. The van der Waals surface area contributed by atoms with Crippen LogP contribution in [0.1, 0.15) is 35.1 Å². The minimum atomic E-state index is -0.363. The smallest absolute Gasteiger partial charge is 0.235 e. The van der Waals surface area contributed by atoms with Gasteiger partial charge in [-0.1, -0.05) is 36.4 Å². The molecular formula is C24H25N5O. The molecule has 3 aromatic rings. The van der Waals surface area contributed by atoms with E-state index in [1.54, 1.807) is 12.4 Å². The fraction of sp³-hybridized carbons (Fsp3) is 0.292. The Morgan fingerprint density at radius 3 is 2.57 bits per heavy atom. The van der Waals surface area contributed by atoms with E-state index in [2.05, 4.69) is 44.5 Å². The van der Waals surface area contributed by atoms with Crippen LogP contribution in [0.5, 0.6) is 0 Å².